The summed E-state index contributed by atoms with van der Waals surface area (Å²) in [4.78, 5) is 19.1. The Morgan fingerprint density at radius 3 is 2.11 bits per heavy atom. The normalized spacial score (nSPS) is 27.1. The lowest BCUT2D eigenvalue weighted by Crippen LogP contribution is -2.31. The van der Waals surface area contributed by atoms with Crippen LogP contribution < -0.4 is 0 Å². The molecule has 106 valence electrons. The first-order valence-corrected chi connectivity index (χ1v) is 6.28. The molecule has 3 unspecified atom stereocenters. The number of carboxylic acids is 1. The van der Waals surface area contributed by atoms with Crippen molar-refractivity contribution < 1.29 is 24.5 Å². The van der Waals surface area contributed by atoms with Gasteiger partial charge in [0.1, 0.15) is 0 Å². The fourth-order valence-electron chi connectivity index (χ4n) is 2.24. The van der Waals surface area contributed by atoms with Crippen LogP contribution in [0.1, 0.15) is 40.0 Å². The van der Waals surface area contributed by atoms with Gasteiger partial charge in [-0.05, 0) is 30.6 Å². The molecule has 1 saturated carbocycles. The molecule has 1 fully saturated rings. The number of methoxy groups -OCH3 is 1. The molecule has 0 heterocycles. The lowest BCUT2D eigenvalue weighted by atomic mass is 9.75. The molecule has 0 aromatic heterocycles. The number of rotatable bonds is 1. The third kappa shape index (κ3) is 6.00. The molecule has 0 radical (unpaired) electrons. The van der Waals surface area contributed by atoms with E-state index in [0.717, 1.165) is 19.4 Å². The van der Waals surface area contributed by atoms with Crippen LogP contribution in [0, 0.1) is 17.8 Å². The third-order valence-electron chi connectivity index (χ3n) is 3.35. The number of aliphatic hydroxyl groups is 1. The summed E-state index contributed by atoms with van der Waals surface area (Å²) in [6.07, 6.45) is 3.52. The second-order valence-electron chi connectivity index (χ2n) is 5.19. The molecule has 0 aliphatic heterocycles. The molecule has 0 aromatic rings. The number of aliphatic carboxylic acids is 1. The topological polar surface area (TPSA) is 83.8 Å². The highest BCUT2D eigenvalue weighted by molar-refractivity contribution is 6.28. The predicted molar refractivity (Wildman–Crippen MR) is 67.0 cm³/mol. The van der Waals surface area contributed by atoms with Crippen molar-refractivity contribution in [2.24, 2.45) is 17.8 Å². The van der Waals surface area contributed by atoms with Crippen molar-refractivity contribution in [3.05, 3.63) is 0 Å². The van der Waals surface area contributed by atoms with Gasteiger partial charge in [0.2, 0.25) is 0 Å². The summed E-state index contributed by atoms with van der Waals surface area (Å²) in [5, 5.41) is 17.4. The summed E-state index contributed by atoms with van der Waals surface area (Å²) >= 11 is 0. The number of aliphatic hydroxyl groups excluding tert-OH is 1. The van der Waals surface area contributed by atoms with Gasteiger partial charge in [-0.25, -0.2) is 9.59 Å². The van der Waals surface area contributed by atoms with Crippen LogP contribution in [0.5, 0.6) is 0 Å². The fourth-order valence-corrected chi connectivity index (χ4v) is 2.24. The predicted octanol–water partition coefficient (Wildman–Crippen LogP) is 1.68. The van der Waals surface area contributed by atoms with Gasteiger partial charge in [0, 0.05) is 0 Å². The molecule has 5 heteroatoms. The summed E-state index contributed by atoms with van der Waals surface area (Å²) in [5.41, 5.74) is 0. The van der Waals surface area contributed by atoms with E-state index in [1.807, 2.05) is 0 Å². The molecule has 0 saturated heterocycles. The molecule has 2 N–H and O–H groups in total. The average molecular weight is 260 g/mol. The van der Waals surface area contributed by atoms with Crippen LogP contribution in [0.25, 0.3) is 0 Å². The summed E-state index contributed by atoms with van der Waals surface area (Å²) in [6, 6.07) is 0. The zero-order chi connectivity index (χ0) is 14.3. The van der Waals surface area contributed by atoms with Crippen LogP contribution in [0.3, 0.4) is 0 Å². The number of carbonyl (C=O) groups is 2. The van der Waals surface area contributed by atoms with Crippen LogP contribution >= 0.6 is 0 Å². The molecule has 3 atom stereocenters. The van der Waals surface area contributed by atoms with Gasteiger partial charge in [-0.2, -0.15) is 0 Å². The van der Waals surface area contributed by atoms with E-state index in [-0.39, 0.29) is 6.10 Å². The smallest absolute Gasteiger partial charge is 0.417 e. The molecular formula is C13H24O5. The Labute approximate surface area is 108 Å². The number of hydrogen-bond acceptors (Lipinski definition) is 4. The van der Waals surface area contributed by atoms with Crippen molar-refractivity contribution in [3.63, 3.8) is 0 Å². The number of carbonyl (C=O) groups excluding carboxylic acids is 1. The maximum absolute atomic E-state index is 9.71. The Morgan fingerprint density at radius 1 is 1.28 bits per heavy atom. The maximum Gasteiger partial charge on any atom is 0.417 e. The van der Waals surface area contributed by atoms with Gasteiger partial charge >= 0.3 is 11.9 Å². The minimum absolute atomic E-state index is 0.0289. The molecule has 18 heavy (non-hydrogen) atoms. The molecule has 0 spiro atoms. The molecule has 1 aliphatic carbocycles. The molecule has 5 nitrogen and oxygen atoms in total. The first-order chi connectivity index (χ1) is 8.29. The highest BCUT2D eigenvalue weighted by Gasteiger charge is 2.28. The zero-order valence-electron chi connectivity index (χ0n) is 11.5. The van der Waals surface area contributed by atoms with E-state index in [0.29, 0.717) is 11.8 Å². The molecule has 1 aliphatic rings. The highest BCUT2D eigenvalue weighted by Crippen LogP contribution is 2.33. The van der Waals surface area contributed by atoms with Crippen molar-refractivity contribution in [3.8, 4) is 0 Å². The van der Waals surface area contributed by atoms with Crippen LogP contribution in [-0.2, 0) is 14.3 Å². The van der Waals surface area contributed by atoms with Gasteiger partial charge in [-0.3, -0.25) is 0 Å². The Balaban J connectivity index is 0.000000360. The van der Waals surface area contributed by atoms with E-state index >= 15 is 0 Å². The lowest BCUT2D eigenvalue weighted by Gasteiger charge is -2.33. The Hall–Kier alpha value is -1.10. The number of hydrogen-bond donors (Lipinski definition) is 2. The first kappa shape index (κ1) is 16.9. The number of esters is 1. The third-order valence-corrected chi connectivity index (χ3v) is 3.35. The van der Waals surface area contributed by atoms with Crippen molar-refractivity contribution in [2.45, 2.75) is 46.1 Å². The maximum atomic E-state index is 9.71. The van der Waals surface area contributed by atoms with Crippen molar-refractivity contribution in [1.29, 1.82) is 0 Å². The zero-order valence-corrected chi connectivity index (χ0v) is 11.5. The van der Waals surface area contributed by atoms with E-state index in [1.165, 1.54) is 12.8 Å². The largest absolute Gasteiger partial charge is 0.473 e. The minimum atomic E-state index is -1.57. The van der Waals surface area contributed by atoms with Crippen molar-refractivity contribution >= 4 is 11.9 Å². The van der Waals surface area contributed by atoms with Gasteiger partial charge in [-0.15, -0.1) is 0 Å². The Morgan fingerprint density at radius 2 is 1.83 bits per heavy atom. The molecule has 0 bridgehead atoms. The van der Waals surface area contributed by atoms with Crippen LogP contribution in [0.2, 0.25) is 0 Å². The van der Waals surface area contributed by atoms with Gasteiger partial charge in [-0.1, -0.05) is 27.2 Å². The summed E-state index contributed by atoms with van der Waals surface area (Å²) < 4.78 is 3.77. The molecule has 1 rings (SSSR count). The first-order valence-electron chi connectivity index (χ1n) is 6.28. The molecular weight excluding hydrogens is 236 g/mol. The second-order valence-corrected chi connectivity index (χ2v) is 5.19. The van der Waals surface area contributed by atoms with Crippen LogP contribution in [-0.4, -0.2) is 35.4 Å². The number of carboxylic acid groups (broad SMARTS) is 1. The standard InChI is InChI=1S/C10H20O.C3H4O4/c1-7(2)9-5-4-8(3)6-10(9)11;1-7-3(6)2(4)5/h7-11H,4-6H2,1-3H3;1H3,(H,4,5). The van der Waals surface area contributed by atoms with Gasteiger partial charge in [0.25, 0.3) is 0 Å². The van der Waals surface area contributed by atoms with E-state index in [1.54, 1.807) is 0 Å². The Kier molecular flexibility index (Phi) is 7.59. The van der Waals surface area contributed by atoms with Crippen LogP contribution in [0.15, 0.2) is 0 Å². The summed E-state index contributed by atoms with van der Waals surface area (Å²) in [6.45, 7) is 6.66. The fraction of sp³-hybridized carbons (Fsp3) is 0.846. The number of ether oxygens (including phenoxy) is 1. The molecule has 0 amide bonds. The average Bonchev–Trinajstić information content (AvgIpc) is 2.27. The van der Waals surface area contributed by atoms with Crippen molar-refractivity contribution in [2.75, 3.05) is 7.11 Å². The van der Waals surface area contributed by atoms with Crippen LogP contribution in [0.4, 0.5) is 0 Å². The lowest BCUT2D eigenvalue weighted by molar-refractivity contribution is -0.161. The quantitative estimate of drug-likeness (QED) is 0.553. The van der Waals surface area contributed by atoms with E-state index < -0.39 is 11.9 Å². The Bertz CT molecular complexity index is 275. The van der Waals surface area contributed by atoms with E-state index in [4.69, 9.17) is 5.11 Å². The SMILES string of the molecule is CC1CCC(C(C)C)C(O)C1.COC(=O)C(=O)O. The van der Waals surface area contributed by atoms with Gasteiger partial charge < -0.3 is 14.9 Å². The van der Waals surface area contributed by atoms with E-state index in [9.17, 15) is 14.7 Å². The van der Waals surface area contributed by atoms with Gasteiger partial charge in [0.15, 0.2) is 0 Å². The summed E-state index contributed by atoms with van der Waals surface area (Å²) in [5.74, 6) is -0.855. The molecule has 0 aromatic carbocycles. The second kappa shape index (κ2) is 8.08. The summed E-state index contributed by atoms with van der Waals surface area (Å²) in [7, 11) is 1.01. The monoisotopic (exact) mass is 260 g/mol. The van der Waals surface area contributed by atoms with Gasteiger partial charge in [0.05, 0.1) is 13.2 Å². The minimum Gasteiger partial charge on any atom is -0.473 e. The van der Waals surface area contributed by atoms with E-state index in [2.05, 4.69) is 25.5 Å². The van der Waals surface area contributed by atoms with Crippen molar-refractivity contribution in [1.82, 2.24) is 0 Å². The highest BCUT2D eigenvalue weighted by atomic mass is 16.5.